The zero-order valence-corrected chi connectivity index (χ0v) is 16.8. The lowest BCUT2D eigenvalue weighted by atomic mass is 10.2. The van der Waals surface area contributed by atoms with Gasteiger partial charge in [0.05, 0.1) is 5.56 Å². The molecule has 4 aromatic rings. The van der Waals surface area contributed by atoms with Gasteiger partial charge in [0, 0.05) is 23.0 Å². The molecule has 8 nitrogen and oxygen atoms in total. The van der Waals surface area contributed by atoms with Crippen molar-refractivity contribution >= 4 is 17.6 Å². The van der Waals surface area contributed by atoms with Crippen molar-refractivity contribution in [2.45, 2.75) is 19.5 Å². The highest BCUT2D eigenvalue weighted by molar-refractivity contribution is 5.61. The van der Waals surface area contributed by atoms with Gasteiger partial charge in [-0.05, 0) is 36.8 Å². The fourth-order valence-corrected chi connectivity index (χ4v) is 2.91. The van der Waals surface area contributed by atoms with Gasteiger partial charge in [0.1, 0.15) is 5.75 Å². The van der Waals surface area contributed by atoms with Crippen LogP contribution in [0.1, 0.15) is 18.2 Å². The third kappa shape index (κ3) is 4.94. The summed E-state index contributed by atoms with van der Waals surface area (Å²) in [6.07, 6.45) is -3.75. The molecule has 0 spiro atoms. The lowest BCUT2D eigenvalue weighted by Crippen LogP contribution is -2.05. The number of aromatic amines is 1. The Balaban J connectivity index is 1.52. The zero-order valence-electron chi connectivity index (χ0n) is 16.8. The van der Waals surface area contributed by atoms with Gasteiger partial charge in [-0.15, -0.1) is 10.2 Å². The molecule has 32 heavy (non-hydrogen) atoms. The highest BCUT2D eigenvalue weighted by atomic mass is 19.4. The van der Waals surface area contributed by atoms with Crippen molar-refractivity contribution in [1.29, 1.82) is 0 Å². The van der Waals surface area contributed by atoms with E-state index in [9.17, 15) is 13.2 Å². The molecule has 0 aliphatic rings. The maximum atomic E-state index is 12.9. The van der Waals surface area contributed by atoms with E-state index >= 15 is 0 Å². The summed E-state index contributed by atoms with van der Waals surface area (Å²) in [5.74, 6) is 1.53. The summed E-state index contributed by atoms with van der Waals surface area (Å²) in [5.41, 5.74) is 6.59. The Morgan fingerprint density at radius 3 is 2.62 bits per heavy atom. The molecule has 11 heteroatoms. The Morgan fingerprint density at radius 1 is 1.03 bits per heavy atom. The van der Waals surface area contributed by atoms with E-state index in [1.165, 1.54) is 12.1 Å². The van der Waals surface area contributed by atoms with Gasteiger partial charge in [0.25, 0.3) is 0 Å². The normalized spacial score (nSPS) is 11.4. The van der Waals surface area contributed by atoms with E-state index in [4.69, 9.17) is 10.5 Å². The largest absolute Gasteiger partial charge is 0.439 e. The Labute approximate surface area is 180 Å². The first-order valence-corrected chi connectivity index (χ1v) is 9.59. The number of aryl methyl sites for hydroxylation is 1. The summed E-state index contributed by atoms with van der Waals surface area (Å²) in [5, 5.41) is 10.8. The van der Waals surface area contributed by atoms with Crippen LogP contribution in [0.4, 0.5) is 30.8 Å². The first-order valence-electron chi connectivity index (χ1n) is 9.59. The number of benzene rings is 2. The van der Waals surface area contributed by atoms with Gasteiger partial charge < -0.3 is 20.8 Å². The van der Waals surface area contributed by atoms with Gasteiger partial charge in [-0.2, -0.15) is 18.2 Å². The quantitative estimate of drug-likeness (QED) is 0.387. The van der Waals surface area contributed by atoms with Crippen LogP contribution in [0.2, 0.25) is 0 Å². The predicted octanol–water partition coefficient (Wildman–Crippen LogP) is 4.96. The second-order valence-corrected chi connectivity index (χ2v) is 6.76. The van der Waals surface area contributed by atoms with Crippen molar-refractivity contribution in [1.82, 2.24) is 25.1 Å². The molecule has 2 aromatic carbocycles. The molecule has 0 atom stereocenters. The molecule has 0 radical (unpaired) electrons. The number of alkyl halides is 3. The van der Waals surface area contributed by atoms with Crippen molar-refractivity contribution in [3.8, 4) is 23.0 Å². The van der Waals surface area contributed by atoms with E-state index < -0.39 is 11.7 Å². The summed E-state index contributed by atoms with van der Waals surface area (Å²) in [4.78, 5) is 11.1. The lowest BCUT2D eigenvalue weighted by Gasteiger charge is -2.09. The monoisotopic (exact) mass is 441 g/mol. The van der Waals surface area contributed by atoms with Crippen molar-refractivity contribution in [2.75, 3.05) is 11.1 Å². The highest BCUT2D eigenvalue weighted by Gasteiger charge is 2.30. The van der Waals surface area contributed by atoms with Crippen LogP contribution in [-0.2, 0) is 12.6 Å². The van der Waals surface area contributed by atoms with Crippen LogP contribution < -0.4 is 15.8 Å². The Hall–Kier alpha value is -4.15. The fourth-order valence-electron chi connectivity index (χ4n) is 2.91. The number of nitrogens with one attached hydrogen (secondary N) is 2. The lowest BCUT2D eigenvalue weighted by molar-refractivity contribution is -0.137. The van der Waals surface area contributed by atoms with E-state index in [0.717, 1.165) is 17.8 Å². The van der Waals surface area contributed by atoms with E-state index in [2.05, 4.69) is 30.5 Å². The third-order valence-corrected chi connectivity index (χ3v) is 4.40. The van der Waals surface area contributed by atoms with Gasteiger partial charge in [-0.25, -0.2) is 4.98 Å². The SMILES string of the molecule is CCc1cc(Oc2cccc(-c3nnc(Nc4cccc(C(F)(F)F)c4)[nH]3)c2)nc(N)n1. The maximum absolute atomic E-state index is 12.9. The number of H-pyrrole nitrogens is 1. The van der Waals surface area contributed by atoms with Crippen LogP contribution in [-0.4, -0.2) is 25.1 Å². The van der Waals surface area contributed by atoms with Gasteiger partial charge in [0.15, 0.2) is 5.82 Å². The van der Waals surface area contributed by atoms with Crippen LogP contribution in [0.15, 0.2) is 54.6 Å². The van der Waals surface area contributed by atoms with E-state index in [0.29, 0.717) is 29.4 Å². The van der Waals surface area contributed by atoms with Crippen molar-refractivity contribution < 1.29 is 17.9 Å². The topological polar surface area (TPSA) is 115 Å². The number of nitrogen functional groups attached to an aromatic ring is 1. The smallest absolute Gasteiger partial charge is 0.416 e. The summed E-state index contributed by atoms with van der Waals surface area (Å²) in [7, 11) is 0. The molecule has 2 heterocycles. The van der Waals surface area contributed by atoms with E-state index in [-0.39, 0.29) is 17.6 Å². The number of aromatic nitrogens is 5. The number of ether oxygens (including phenoxy) is 1. The Bertz CT molecular complexity index is 1240. The van der Waals surface area contributed by atoms with E-state index in [1.54, 1.807) is 30.3 Å². The molecule has 164 valence electrons. The maximum Gasteiger partial charge on any atom is 0.416 e. The molecule has 0 amide bonds. The Morgan fingerprint density at radius 2 is 1.84 bits per heavy atom. The summed E-state index contributed by atoms with van der Waals surface area (Å²) in [6, 6.07) is 13.5. The molecule has 4 N–H and O–H groups in total. The predicted molar refractivity (Wildman–Crippen MR) is 112 cm³/mol. The molecular weight excluding hydrogens is 423 g/mol. The molecule has 2 aromatic heterocycles. The van der Waals surface area contributed by atoms with Gasteiger partial charge in [-0.3, -0.25) is 0 Å². The number of nitrogens with zero attached hydrogens (tertiary/aromatic N) is 4. The van der Waals surface area contributed by atoms with Gasteiger partial charge in [-0.1, -0.05) is 25.1 Å². The van der Waals surface area contributed by atoms with Crippen molar-refractivity contribution in [3.63, 3.8) is 0 Å². The molecule has 4 rings (SSSR count). The molecule has 0 bridgehead atoms. The first kappa shape index (κ1) is 21.1. The molecule has 0 saturated heterocycles. The molecule has 0 aliphatic carbocycles. The standard InChI is InChI=1S/C21H18F3N7O/c1-2-14-11-17(28-19(25)26-14)32-16-8-3-5-12(9-16)18-29-20(31-30-18)27-15-7-4-6-13(10-15)21(22,23)24/h3-11H,2H2,1H3,(H2,25,26,28)(H2,27,29,30,31). The minimum Gasteiger partial charge on any atom is -0.439 e. The number of halogens is 3. The third-order valence-electron chi connectivity index (χ3n) is 4.40. The minimum atomic E-state index is -4.43. The number of nitrogens with two attached hydrogens (primary N) is 1. The first-order chi connectivity index (χ1) is 15.3. The van der Waals surface area contributed by atoms with Crippen LogP contribution in [0.5, 0.6) is 11.6 Å². The summed E-state index contributed by atoms with van der Waals surface area (Å²) in [6.45, 7) is 1.95. The summed E-state index contributed by atoms with van der Waals surface area (Å²) < 4.78 is 44.5. The van der Waals surface area contributed by atoms with Crippen LogP contribution in [0.25, 0.3) is 11.4 Å². The second kappa shape index (κ2) is 8.53. The minimum absolute atomic E-state index is 0.121. The van der Waals surface area contributed by atoms with E-state index in [1.807, 2.05) is 6.92 Å². The molecule has 0 fully saturated rings. The molecular formula is C21H18F3N7O. The average molecular weight is 441 g/mol. The number of hydrogen-bond donors (Lipinski definition) is 3. The number of rotatable bonds is 6. The fraction of sp³-hybridized carbons (Fsp3) is 0.143. The average Bonchev–Trinajstić information content (AvgIpc) is 3.21. The number of anilines is 3. The molecule has 0 unspecified atom stereocenters. The second-order valence-electron chi connectivity index (χ2n) is 6.76. The summed E-state index contributed by atoms with van der Waals surface area (Å²) >= 11 is 0. The van der Waals surface area contributed by atoms with Gasteiger partial charge >= 0.3 is 6.18 Å². The highest BCUT2D eigenvalue weighted by Crippen LogP contribution is 2.31. The zero-order chi connectivity index (χ0) is 22.7. The molecule has 0 aliphatic heterocycles. The molecule has 0 saturated carbocycles. The van der Waals surface area contributed by atoms with Crippen LogP contribution >= 0.6 is 0 Å². The number of hydrogen-bond acceptors (Lipinski definition) is 7. The van der Waals surface area contributed by atoms with Crippen molar-refractivity contribution in [3.05, 3.63) is 65.9 Å². The van der Waals surface area contributed by atoms with Crippen molar-refractivity contribution in [2.24, 2.45) is 0 Å². The Kier molecular flexibility index (Phi) is 5.63. The van der Waals surface area contributed by atoms with Crippen LogP contribution in [0.3, 0.4) is 0 Å². The van der Waals surface area contributed by atoms with Gasteiger partial charge in [0.2, 0.25) is 17.8 Å². The van der Waals surface area contributed by atoms with Crippen LogP contribution in [0, 0.1) is 0 Å².